The summed E-state index contributed by atoms with van der Waals surface area (Å²) in [4.78, 5) is 103. The standard InChI is InChI=1S/C63H68N12O12/c1-61(2)62(3)21-22-63(61,87-60(62)81)59(80)75-42-20-8-16-37-49(85-29-11-25-66)33-45(70-54(37)42)57(78)73-40-18-6-14-35-47(83-27-9-23-64)31-43(68-52(35)40)55(76)72-39-17-5-13-36-48(84-28-10-24-65)32-44(69-51(36)39)56(77)74-41-19-7-15-38-50(86-30-12-26-67)34-46(58(79)82-4)71-53(38)41/h5-8,13-20,31-34H,9-12,21-30,64-67H2,1-4H3,(H,72,76)(H,73,78)(H,74,77)(H,75,80)/t62-,63+/m0/s1. The number of aromatic nitrogens is 4. The Morgan fingerprint density at radius 1 is 0.483 bits per heavy atom. The summed E-state index contributed by atoms with van der Waals surface area (Å²) in [5, 5.41) is 13.6. The first-order valence-electron chi connectivity index (χ1n) is 28.6. The van der Waals surface area contributed by atoms with Crippen LogP contribution < -0.4 is 63.1 Å². The van der Waals surface area contributed by atoms with Crippen molar-refractivity contribution in [3.05, 3.63) is 120 Å². The van der Waals surface area contributed by atoms with Gasteiger partial charge in [-0.1, -0.05) is 38.1 Å². The summed E-state index contributed by atoms with van der Waals surface area (Å²) in [6.07, 6.45) is 2.80. The van der Waals surface area contributed by atoms with Crippen molar-refractivity contribution in [1.82, 2.24) is 19.9 Å². The summed E-state index contributed by atoms with van der Waals surface area (Å²) in [5.74, 6) is -2.61. The van der Waals surface area contributed by atoms with Crippen LogP contribution in [0.3, 0.4) is 0 Å². The fraction of sp³-hybridized carbons (Fsp3) is 0.333. The molecule has 0 spiro atoms. The van der Waals surface area contributed by atoms with Crippen molar-refractivity contribution in [2.45, 2.75) is 64.9 Å². The van der Waals surface area contributed by atoms with E-state index >= 15 is 0 Å². The summed E-state index contributed by atoms with van der Waals surface area (Å²) in [6.45, 7) is 7.74. The lowest BCUT2D eigenvalue weighted by molar-refractivity contribution is -0.165. The van der Waals surface area contributed by atoms with Crippen molar-refractivity contribution in [2.75, 3.05) is 81.0 Å². The summed E-state index contributed by atoms with van der Waals surface area (Å²) in [6, 6.07) is 26.1. The third-order valence-electron chi connectivity index (χ3n) is 16.2. The highest BCUT2D eigenvalue weighted by atomic mass is 16.6. The van der Waals surface area contributed by atoms with Crippen LogP contribution in [0.1, 0.15) is 101 Å². The van der Waals surface area contributed by atoms with Crippen LogP contribution >= 0.6 is 0 Å². The first kappa shape index (κ1) is 60.5. The average molecular weight is 1190 g/mol. The number of nitrogens with one attached hydrogen (secondary N) is 4. The van der Waals surface area contributed by atoms with E-state index in [1.54, 1.807) is 72.8 Å². The zero-order valence-electron chi connectivity index (χ0n) is 48.6. The molecule has 2 aliphatic rings. The Hall–Kier alpha value is -9.62. The maximum atomic E-state index is 14.8. The van der Waals surface area contributed by atoms with Crippen molar-refractivity contribution in [3.8, 4) is 23.0 Å². The van der Waals surface area contributed by atoms with E-state index in [9.17, 15) is 28.8 Å². The molecule has 1 saturated heterocycles. The van der Waals surface area contributed by atoms with Crippen molar-refractivity contribution in [3.63, 3.8) is 0 Å². The highest BCUT2D eigenvalue weighted by molar-refractivity contribution is 6.15. The monoisotopic (exact) mass is 1180 g/mol. The Bertz CT molecular complexity index is 4030. The van der Waals surface area contributed by atoms with E-state index in [0.29, 0.717) is 97.7 Å². The first-order chi connectivity index (χ1) is 42.0. The number of carbonyl (C=O) groups is 6. The maximum absolute atomic E-state index is 14.8. The van der Waals surface area contributed by atoms with Gasteiger partial charge in [0.05, 0.1) is 83.8 Å². The van der Waals surface area contributed by atoms with E-state index in [0.717, 1.165) is 0 Å². The van der Waals surface area contributed by atoms with E-state index in [4.69, 9.17) is 66.3 Å². The van der Waals surface area contributed by atoms with E-state index in [1.807, 2.05) is 20.8 Å². The molecule has 24 heteroatoms. The van der Waals surface area contributed by atoms with Crippen LogP contribution in [0.2, 0.25) is 0 Å². The molecule has 1 aliphatic carbocycles. The van der Waals surface area contributed by atoms with Crippen LogP contribution in [0.15, 0.2) is 97.1 Å². The van der Waals surface area contributed by atoms with Crippen LogP contribution in [0.25, 0.3) is 43.6 Å². The van der Waals surface area contributed by atoms with Gasteiger partial charge in [-0.2, -0.15) is 0 Å². The molecule has 12 N–H and O–H groups in total. The zero-order valence-corrected chi connectivity index (χ0v) is 48.6. The number of anilines is 4. The number of esters is 2. The van der Waals surface area contributed by atoms with Gasteiger partial charge in [-0.3, -0.25) is 24.0 Å². The summed E-state index contributed by atoms with van der Waals surface area (Å²) in [7, 11) is 1.23. The second-order valence-corrected chi connectivity index (χ2v) is 21.8. The van der Waals surface area contributed by atoms with Gasteiger partial charge >= 0.3 is 11.9 Å². The van der Waals surface area contributed by atoms with Gasteiger partial charge in [-0.25, -0.2) is 24.7 Å². The summed E-state index contributed by atoms with van der Waals surface area (Å²) < 4.78 is 35.5. The summed E-state index contributed by atoms with van der Waals surface area (Å²) in [5.41, 5.74) is 21.4. The van der Waals surface area contributed by atoms with Crippen molar-refractivity contribution in [1.29, 1.82) is 0 Å². The number of nitrogens with two attached hydrogens (primary N) is 4. The number of rotatable bonds is 25. The predicted octanol–water partition coefficient (Wildman–Crippen LogP) is 7.39. The molecule has 1 saturated carbocycles. The van der Waals surface area contributed by atoms with Crippen molar-refractivity contribution >= 4 is 102 Å². The molecular weight excluding hydrogens is 1120 g/mol. The fourth-order valence-electron chi connectivity index (χ4n) is 10.9. The number of pyridine rings is 4. The largest absolute Gasteiger partial charge is 0.493 e. The third kappa shape index (κ3) is 11.7. The van der Waals surface area contributed by atoms with Crippen molar-refractivity contribution < 1.29 is 57.2 Å². The number of methoxy groups -OCH3 is 1. The number of fused-ring (bicyclic) bond motifs is 6. The molecule has 2 fully saturated rings. The number of benzene rings is 4. The molecule has 4 aromatic carbocycles. The zero-order chi connectivity index (χ0) is 61.6. The maximum Gasteiger partial charge on any atom is 0.356 e. The third-order valence-corrected chi connectivity index (χ3v) is 16.2. The number of amides is 4. The quantitative estimate of drug-likeness (QED) is 0.0204. The lowest BCUT2D eigenvalue weighted by atomic mass is 9.66. The van der Waals surface area contributed by atoms with Gasteiger partial charge in [-0.05, 0) is 120 Å². The van der Waals surface area contributed by atoms with Gasteiger partial charge in [0.15, 0.2) is 11.3 Å². The minimum atomic E-state index is -1.44. The second kappa shape index (κ2) is 25.5. The Morgan fingerprint density at radius 2 is 0.805 bits per heavy atom. The Balaban J connectivity index is 0.989. The Kier molecular flexibility index (Phi) is 17.8. The van der Waals surface area contributed by atoms with Crippen LogP contribution in [0, 0.1) is 10.8 Å². The first-order valence-corrected chi connectivity index (χ1v) is 28.6. The minimum absolute atomic E-state index is 0.0526. The molecule has 2 bridgehead atoms. The number of para-hydroxylation sites is 4. The highest BCUT2D eigenvalue weighted by Crippen LogP contribution is 2.65. The van der Waals surface area contributed by atoms with Gasteiger partial charge in [-0.15, -0.1) is 0 Å². The fourth-order valence-corrected chi connectivity index (χ4v) is 10.9. The Labute approximate surface area is 499 Å². The molecular formula is C63H68N12O12. The molecule has 8 aromatic rings. The van der Waals surface area contributed by atoms with E-state index in [1.165, 1.54) is 31.4 Å². The minimum Gasteiger partial charge on any atom is -0.493 e. The summed E-state index contributed by atoms with van der Waals surface area (Å²) >= 11 is 0. The normalized spacial score (nSPS) is 16.6. The van der Waals surface area contributed by atoms with Crippen molar-refractivity contribution in [2.24, 2.45) is 33.8 Å². The Morgan fingerprint density at radius 3 is 1.10 bits per heavy atom. The molecule has 0 radical (unpaired) electrons. The molecule has 5 heterocycles. The van der Waals surface area contributed by atoms with Crippen LogP contribution in [-0.4, -0.2) is 121 Å². The topological polar surface area (TPSA) is 362 Å². The SMILES string of the molecule is COC(=O)c1cc(OCCCN)c2cccc(NC(=O)c3cc(OCCCN)c4cccc(NC(=O)c5cc(OCCCN)c6cccc(NC(=O)c7cc(OCCCN)c8cccc(NC(=O)[C@@]9%10CC[C@@](C)(C(=O)O9)C%10(C)C)c8n7)c6n5)c4n3)c2n1. The molecule has 4 aromatic heterocycles. The molecule has 24 nitrogen and oxygen atoms in total. The van der Waals surface area contributed by atoms with Gasteiger partial charge in [0, 0.05) is 51.2 Å². The van der Waals surface area contributed by atoms with Crippen LogP contribution in [-0.2, 0) is 19.1 Å². The molecule has 2 atom stereocenters. The average Bonchev–Trinajstić information content (AvgIpc) is 1.55. The lowest BCUT2D eigenvalue weighted by Gasteiger charge is -2.35. The molecule has 1 aliphatic heterocycles. The number of carbonyl (C=O) groups excluding carboxylic acids is 6. The lowest BCUT2D eigenvalue weighted by Crippen LogP contribution is -2.50. The molecule has 10 rings (SSSR count). The number of hydrogen-bond acceptors (Lipinski definition) is 20. The number of hydrogen-bond donors (Lipinski definition) is 8. The van der Waals surface area contributed by atoms with E-state index in [2.05, 4.69) is 26.3 Å². The molecule has 0 unspecified atom stereocenters. The predicted molar refractivity (Wildman–Crippen MR) is 327 cm³/mol. The smallest absolute Gasteiger partial charge is 0.356 e. The second-order valence-electron chi connectivity index (χ2n) is 21.8. The molecule has 87 heavy (non-hydrogen) atoms. The van der Waals surface area contributed by atoms with Gasteiger partial charge < -0.3 is 72.6 Å². The molecule has 4 amide bonds. The number of nitrogens with zero attached hydrogens (tertiary/aromatic N) is 4. The van der Waals surface area contributed by atoms with E-state index in [-0.39, 0.29) is 106 Å². The van der Waals surface area contributed by atoms with Crippen LogP contribution in [0.5, 0.6) is 23.0 Å². The van der Waals surface area contributed by atoms with Gasteiger partial charge in [0.2, 0.25) is 0 Å². The van der Waals surface area contributed by atoms with Gasteiger partial charge in [0.25, 0.3) is 23.6 Å². The van der Waals surface area contributed by atoms with Crippen LogP contribution in [0.4, 0.5) is 22.7 Å². The number of ether oxygens (including phenoxy) is 6. The molecule has 452 valence electrons. The van der Waals surface area contributed by atoms with Gasteiger partial charge in [0.1, 0.15) is 40.1 Å². The highest BCUT2D eigenvalue weighted by Gasteiger charge is 2.75. The van der Waals surface area contributed by atoms with E-state index < -0.39 is 52.0 Å².